The summed E-state index contributed by atoms with van der Waals surface area (Å²) in [5, 5.41) is 4.73. The van der Waals surface area contributed by atoms with E-state index in [1.807, 2.05) is 12.1 Å². The molecule has 0 amide bonds. The predicted octanol–water partition coefficient (Wildman–Crippen LogP) is 3.12. The summed E-state index contributed by atoms with van der Waals surface area (Å²) in [5.74, 6) is 1.39. The Morgan fingerprint density at radius 1 is 1.33 bits per heavy atom. The molecule has 1 aliphatic heterocycles. The highest BCUT2D eigenvalue weighted by molar-refractivity contribution is 6.42. The number of hydrogen-bond acceptors (Lipinski definition) is 2. The fraction of sp³-hybridized carbons (Fsp3) is 0.571. The van der Waals surface area contributed by atoms with Gasteiger partial charge >= 0.3 is 0 Å². The number of benzene rings is 1. The predicted molar refractivity (Wildman–Crippen MR) is 74.5 cm³/mol. The van der Waals surface area contributed by atoms with Crippen molar-refractivity contribution in [2.24, 2.45) is 11.8 Å². The normalized spacial score (nSPS) is 34.2. The first-order valence-electron chi connectivity index (χ1n) is 6.35. The van der Waals surface area contributed by atoms with Crippen LogP contribution in [0.2, 0.25) is 10.0 Å². The van der Waals surface area contributed by atoms with E-state index in [1.165, 1.54) is 12.0 Å². The number of halogens is 2. The zero-order valence-electron chi connectivity index (χ0n) is 10.4. The molecule has 1 aromatic rings. The number of ether oxygens (including phenoxy) is 1. The summed E-state index contributed by atoms with van der Waals surface area (Å²) in [4.78, 5) is 0. The van der Waals surface area contributed by atoms with E-state index in [0.29, 0.717) is 16.0 Å². The fourth-order valence-corrected chi connectivity index (χ4v) is 3.95. The largest absolute Gasteiger partial charge is 0.384 e. The van der Waals surface area contributed by atoms with E-state index in [4.69, 9.17) is 27.9 Å². The Morgan fingerprint density at radius 3 is 2.78 bits per heavy atom. The maximum Gasteiger partial charge on any atom is 0.0595 e. The molecule has 18 heavy (non-hydrogen) atoms. The maximum absolute atomic E-state index is 6.16. The third-order valence-corrected chi connectivity index (χ3v) is 5.28. The van der Waals surface area contributed by atoms with E-state index in [1.54, 1.807) is 7.11 Å². The van der Waals surface area contributed by atoms with Gasteiger partial charge in [-0.1, -0.05) is 29.3 Å². The maximum atomic E-state index is 6.16. The van der Waals surface area contributed by atoms with Crippen molar-refractivity contribution in [3.05, 3.63) is 33.8 Å². The number of methoxy groups -OCH3 is 1. The van der Waals surface area contributed by atoms with Crippen LogP contribution in [0.1, 0.15) is 12.0 Å². The van der Waals surface area contributed by atoms with Crippen molar-refractivity contribution in [2.45, 2.75) is 11.8 Å². The smallest absolute Gasteiger partial charge is 0.0595 e. The van der Waals surface area contributed by atoms with Gasteiger partial charge in [-0.05, 0) is 49.0 Å². The molecule has 1 saturated carbocycles. The van der Waals surface area contributed by atoms with Gasteiger partial charge in [-0.25, -0.2) is 0 Å². The lowest BCUT2D eigenvalue weighted by atomic mass is 9.92. The Kier molecular flexibility index (Phi) is 3.31. The van der Waals surface area contributed by atoms with Gasteiger partial charge in [-0.15, -0.1) is 0 Å². The minimum atomic E-state index is 0.145. The molecular weight excluding hydrogens is 269 g/mol. The minimum Gasteiger partial charge on any atom is -0.384 e. The van der Waals surface area contributed by atoms with Crippen LogP contribution in [0.15, 0.2) is 18.2 Å². The molecule has 3 rings (SSSR count). The lowest BCUT2D eigenvalue weighted by Gasteiger charge is -2.18. The summed E-state index contributed by atoms with van der Waals surface area (Å²) in [5.41, 5.74) is 1.42. The van der Waals surface area contributed by atoms with Crippen molar-refractivity contribution < 1.29 is 4.74 Å². The molecule has 0 bridgehead atoms. The number of piperidine rings is 1. The summed E-state index contributed by atoms with van der Waals surface area (Å²) in [7, 11) is 1.77. The van der Waals surface area contributed by atoms with E-state index in [-0.39, 0.29) is 5.41 Å². The quantitative estimate of drug-likeness (QED) is 0.921. The van der Waals surface area contributed by atoms with Crippen LogP contribution in [-0.2, 0) is 10.2 Å². The van der Waals surface area contributed by atoms with Gasteiger partial charge in [0.25, 0.3) is 0 Å². The zero-order chi connectivity index (χ0) is 12.8. The summed E-state index contributed by atoms with van der Waals surface area (Å²) >= 11 is 12.2. The van der Waals surface area contributed by atoms with Crippen molar-refractivity contribution in [2.75, 3.05) is 26.8 Å². The summed E-state index contributed by atoms with van der Waals surface area (Å²) in [6, 6.07) is 6.02. The van der Waals surface area contributed by atoms with Crippen molar-refractivity contribution >= 4 is 23.2 Å². The SMILES string of the molecule is COC[C@]1(c2ccc(Cl)c(Cl)c2)C2CNCC[C@@H]21. The van der Waals surface area contributed by atoms with E-state index in [0.717, 1.165) is 25.6 Å². The van der Waals surface area contributed by atoms with Gasteiger partial charge in [0, 0.05) is 12.5 Å². The Bertz CT molecular complexity index is 451. The Hall–Kier alpha value is -0.280. The molecular formula is C14H17Cl2NO. The molecule has 1 heterocycles. The Balaban J connectivity index is 1.97. The third kappa shape index (κ3) is 1.78. The van der Waals surface area contributed by atoms with Gasteiger partial charge in [0.15, 0.2) is 0 Å². The van der Waals surface area contributed by atoms with Gasteiger partial charge in [0.2, 0.25) is 0 Å². The van der Waals surface area contributed by atoms with Gasteiger partial charge in [0.05, 0.1) is 16.7 Å². The molecule has 4 heteroatoms. The van der Waals surface area contributed by atoms with Crippen molar-refractivity contribution in [3.63, 3.8) is 0 Å². The zero-order valence-corrected chi connectivity index (χ0v) is 11.9. The van der Waals surface area contributed by atoms with Crippen LogP contribution in [0.5, 0.6) is 0 Å². The molecule has 1 N–H and O–H groups in total. The van der Waals surface area contributed by atoms with Crippen LogP contribution < -0.4 is 5.32 Å². The highest BCUT2D eigenvalue weighted by Gasteiger charge is 2.65. The average molecular weight is 286 g/mol. The third-order valence-electron chi connectivity index (χ3n) is 4.54. The highest BCUT2D eigenvalue weighted by atomic mass is 35.5. The molecule has 2 fully saturated rings. The number of rotatable bonds is 3. The summed E-state index contributed by atoms with van der Waals surface area (Å²) < 4.78 is 5.48. The van der Waals surface area contributed by atoms with Crippen LogP contribution in [0, 0.1) is 11.8 Å². The van der Waals surface area contributed by atoms with Crippen LogP contribution in [0.4, 0.5) is 0 Å². The molecule has 1 aliphatic carbocycles. The fourth-order valence-electron chi connectivity index (χ4n) is 3.65. The Labute approximate surface area is 118 Å². The lowest BCUT2D eigenvalue weighted by molar-refractivity contribution is 0.161. The van der Waals surface area contributed by atoms with Gasteiger partial charge in [-0.3, -0.25) is 0 Å². The van der Waals surface area contributed by atoms with Crippen LogP contribution in [0.25, 0.3) is 0 Å². The number of fused-ring (bicyclic) bond motifs is 1. The van der Waals surface area contributed by atoms with Crippen LogP contribution in [0.3, 0.4) is 0 Å². The van der Waals surface area contributed by atoms with Crippen molar-refractivity contribution in [1.29, 1.82) is 0 Å². The number of hydrogen-bond donors (Lipinski definition) is 1. The van der Waals surface area contributed by atoms with E-state index >= 15 is 0 Å². The minimum absolute atomic E-state index is 0.145. The lowest BCUT2D eigenvalue weighted by Crippen LogP contribution is -2.24. The monoisotopic (exact) mass is 285 g/mol. The molecule has 1 saturated heterocycles. The molecule has 0 spiro atoms. The van der Waals surface area contributed by atoms with Gasteiger partial charge < -0.3 is 10.1 Å². The van der Waals surface area contributed by atoms with E-state index in [9.17, 15) is 0 Å². The highest BCUT2D eigenvalue weighted by Crippen LogP contribution is 2.62. The molecule has 1 aromatic carbocycles. The summed E-state index contributed by atoms with van der Waals surface area (Å²) in [6.07, 6.45) is 1.22. The second-order valence-corrected chi connectivity index (χ2v) is 6.12. The number of nitrogens with one attached hydrogen (secondary N) is 1. The molecule has 2 nitrogen and oxygen atoms in total. The van der Waals surface area contributed by atoms with E-state index in [2.05, 4.69) is 11.4 Å². The topological polar surface area (TPSA) is 21.3 Å². The first-order valence-corrected chi connectivity index (χ1v) is 7.11. The molecule has 2 aliphatic rings. The molecule has 1 unspecified atom stereocenters. The second kappa shape index (κ2) is 4.68. The van der Waals surface area contributed by atoms with Crippen molar-refractivity contribution in [3.8, 4) is 0 Å². The second-order valence-electron chi connectivity index (χ2n) is 5.31. The van der Waals surface area contributed by atoms with Crippen LogP contribution in [-0.4, -0.2) is 26.8 Å². The van der Waals surface area contributed by atoms with Crippen LogP contribution >= 0.6 is 23.2 Å². The molecule has 3 atom stereocenters. The first-order chi connectivity index (χ1) is 8.70. The first kappa shape index (κ1) is 12.7. The average Bonchev–Trinajstić information content (AvgIpc) is 3.03. The van der Waals surface area contributed by atoms with Crippen molar-refractivity contribution in [1.82, 2.24) is 5.32 Å². The Morgan fingerprint density at radius 2 is 2.17 bits per heavy atom. The molecule has 0 radical (unpaired) electrons. The van der Waals surface area contributed by atoms with Gasteiger partial charge in [0.1, 0.15) is 0 Å². The molecule has 0 aromatic heterocycles. The molecule has 98 valence electrons. The van der Waals surface area contributed by atoms with Gasteiger partial charge in [-0.2, -0.15) is 0 Å². The standard InChI is InChI=1S/C14H17Cl2NO/c1-18-8-14(10-4-5-17-7-11(10)14)9-2-3-12(15)13(16)6-9/h2-3,6,10-11,17H,4-5,7-8H2,1H3/t10-,11?,14+/m0/s1. The summed E-state index contributed by atoms with van der Waals surface area (Å²) in [6.45, 7) is 2.95. The van der Waals surface area contributed by atoms with E-state index < -0.39 is 0 Å².